The van der Waals surface area contributed by atoms with Gasteiger partial charge in [-0.05, 0) is 30.7 Å². The highest BCUT2D eigenvalue weighted by molar-refractivity contribution is 5.67. The SMILES string of the molecule is CC(CNC(=O)OC(Cc1ccccc1)C(C)C)C[C@H](C)N. The molecular formula is C18H30N2O2. The van der Waals surface area contributed by atoms with E-state index in [1.807, 2.05) is 25.1 Å². The standard InChI is InChI=1S/C18H30N2O2/c1-13(2)17(11-16-8-6-5-7-9-16)22-18(21)20-12-14(3)10-15(4)19/h5-9,13-15,17H,10-12,19H2,1-4H3,(H,20,21)/t14?,15-,17?/m0/s1. The van der Waals surface area contributed by atoms with Crippen molar-refractivity contribution in [1.82, 2.24) is 5.32 Å². The number of ether oxygens (including phenoxy) is 1. The number of rotatable bonds is 8. The molecule has 22 heavy (non-hydrogen) atoms. The van der Waals surface area contributed by atoms with E-state index in [-0.39, 0.29) is 24.2 Å². The predicted octanol–water partition coefficient (Wildman–Crippen LogP) is 3.35. The van der Waals surface area contributed by atoms with Gasteiger partial charge in [0.15, 0.2) is 0 Å². The minimum absolute atomic E-state index is 0.119. The first kappa shape index (κ1) is 18.5. The molecule has 4 nitrogen and oxygen atoms in total. The fourth-order valence-electron chi connectivity index (χ4n) is 2.41. The van der Waals surface area contributed by atoms with Gasteiger partial charge in [-0.1, -0.05) is 51.1 Å². The minimum atomic E-state index is -0.342. The molecule has 0 aliphatic carbocycles. The Morgan fingerprint density at radius 1 is 1.18 bits per heavy atom. The summed E-state index contributed by atoms with van der Waals surface area (Å²) < 4.78 is 5.59. The summed E-state index contributed by atoms with van der Waals surface area (Å²) >= 11 is 0. The molecule has 0 bridgehead atoms. The van der Waals surface area contributed by atoms with Crippen LogP contribution in [0.4, 0.5) is 4.79 Å². The summed E-state index contributed by atoms with van der Waals surface area (Å²) in [6.45, 7) is 8.78. The van der Waals surface area contributed by atoms with E-state index < -0.39 is 0 Å². The lowest BCUT2D eigenvalue weighted by molar-refractivity contribution is 0.0704. The third-order valence-electron chi connectivity index (χ3n) is 3.65. The molecule has 0 saturated heterocycles. The fourth-order valence-corrected chi connectivity index (χ4v) is 2.41. The molecule has 0 fully saturated rings. The zero-order valence-electron chi connectivity index (χ0n) is 14.2. The van der Waals surface area contributed by atoms with Crippen molar-refractivity contribution in [2.24, 2.45) is 17.6 Å². The fraction of sp³-hybridized carbons (Fsp3) is 0.611. The van der Waals surface area contributed by atoms with Crippen molar-refractivity contribution in [3.63, 3.8) is 0 Å². The van der Waals surface area contributed by atoms with E-state index in [9.17, 15) is 4.79 Å². The maximum Gasteiger partial charge on any atom is 0.407 e. The second-order valence-electron chi connectivity index (χ2n) is 6.58. The maximum absolute atomic E-state index is 12.0. The minimum Gasteiger partial charge on any atom is -0.446 e. The number of alkyl carbamates (subject to hydrolysis) is 1. The third-order valence-corrected chi connectivity index (χ3v) is 3.65. The molecule has 1 aromatic rings. The van der Waals surface area contributed by atoms with Crippen LogP contribution in [0.2, 0.25) is 0 Å². The van der Waals surface area contributed by atoms with Gasteiger partial charge >= 0.3 is 6.09 Å². The lowest BCUT2D eigenvalue weighted by atomic mass is 9.99. The van der Waals surface area contributed by atoms with E-state index in [1.165, 1.54) is 5.56 Å². The van der Waals surface area contributed by atoms with Crippen LogP contribution in [0.1, 0.15) is 39.7 Å². The van der Waals surface area contributed by atoms with Gasteiger partial charge in [-0.25, -0.2) is 4.79 Å². The van der Waals surface area contributed by atoms with Gasteiger partial charge in [0.1, 0.15) is 6.10 Å². The van der Waals surface area contributed by atoms with E-state index in [0.29, 0.717) is 12.5 Å². The molecule has 1 rings (SSSR count). The number of nitrogens with two attached hydrogens (primary N) is 1. The zero-order chi connectivity index (χ0) is 16.5. The Morgan fingerprint density at radius 3 is 2.36 bits per heavy atom. The molecule has 0 aromatic heterocycles. The Kier molecular flexibility index (Phi) is 7.96. The number of nitrogens with one attached hydrogen (secondary N) is 1. The van der Waals surface area contributed by atoms with Crippen LogP contribution in [0.25, 0.3) is 0 Å². The summed E-state index contributed by atoms with van der Waals surface area (Å²) in [5.74, 6) is 0.617. The van der Waals surface area contributed by atoms with Crippen molar-refractivity contribution in [3.8, 4) is 0 Å². The second-order valence-corrected chi connectivity index (χ2v) is 6.58. The van der Waals surface area contributed by atoms with Crippen LogP contribution in [0.5, 0.6) is 0 Å². The Morgan fingerprint density at radius 2 is 1.82 bits per heavy atom. The molecule has 3 N–H and O–H groups in total. The normalized spacial score (nSPS) is 15.2. The first-order valence-electron chi connectivity index (χ1n) is 8.12. The van der Waals surface area contributed by atoms with E-state index in [1.54, 1.807) is 0 Å². The molecule has 0 heterocycles. The smallest absolute Gasteiger partial charge is 0.407 e. The van der Waals surface area contributed by atoms with Crippen molar-refractivity contribution < 1.29 is 9.53 Å². The molecule has 1 aromatic carbocycles. The zero-order valence-corrected chi connectivity index (χ0v) is 14.2. The number of hydrogen-bond acceptors (Lipinski definition) is 3. The highest BCUT2D eigenvalue weighted by Gasteiger charge is 2.19. The summed E-state index contributed by atoms with van der Waals surface area (Å²) in [7, 11) is 0. The number of amides is 1. The van der Waals surface area contributed by atoms with Crippen molar-refractivity contribution in [2.75, 3.05) is 6.54 Å². The van der Waals surface area contributed by atoms with Crippen LogP contribution < -0.4 is 11.1 Å². The van der Waals surface area contributed by atoms with Gasteiger partial charge in [-0.15, -0.1) is 0 Å². The van der Waals surface area contributed by atoms with Crippen LogP contribution in [0.3, 0.4) is 0 Å². The van der Waals surface area contributed by atoms with Crippen LogP contribution in [0.15, 0.2) is 30.3 Å². The molecule has 4 heteroatoms. The van der Waals surface area contributed by atoms with Gasteiger partial charge in [0, 0.05) is 19.0 Å². The topological polar surface area (TPSA) is 64.3 Å². The van der Waals surface area contributed by atoms with E-state index in [4.69, 9.17) is 10.5 Å². The van der Waals surface area contributed by atoms with Crippen molar-refractivity contribution in [2.45, 2.75) is 52.7 Å². The van der Waals surface area contributed by atoms with Gasteiger partial charge in [0.2, 0.25) is 0 Å². The van der Waals surface area contributed by atoms with Crippen LogP contribution >= 0.6 is 0 Å². The average Bonchev–Trinajstić information content (AvgIpc) is 2.44. The highest BCUT2D eigenvalue weighted by atomic mass is 16.6. The lowest BCUT2D eigenvalue weighted by Crippen LogP contribution is -2.35. The van der Waals surface area contributed by atoms with E-state index in [2.05, 4.69) is 38.2 Å². The third kappa shape index (κ3) is 7.46. The quantitative estimate of drug-likeness (QED) is 0.774. The lowest BCUT2D eigenvalue weighted by Gasteiger charge is -2.22. The second kappa shape index (κ2) is 9.46. The summed E-state index contributed by atoms with van der Waals surface area (Å²) in [6.07, 6.45) is 1.16. The van der Waals surface area contributed by atoms with Crippen molar-refractivity contribution in [1.29, 1.82) is 0 Å². The molecular weight excluding hydrogens is 276 g/mol. The number of carbonyl (C=O) groups excluding carboxylic acids is 1. The number of hydrogen-bond donors (Lipinski definition) is 2. The molecule has 124 valence electrons. The van der Waals surface area contributed by atoms with Crippen LogP contribution in [-0.4, -0.2) is 24.8 Å². The molecule has 0 aliphatic heterocycles. The van der Waals surface area contributed by atoms with Crippen molar-refractivity contribution in [3.05, 3.63) is 35.9 Å². The monoisotopic (exact) mass is 306 g/mol. The largest absolute Gasteiger partial charge is 0.446 e. The van der Waals surface area contributed by atoms with Gasteiger partial charge in [-0.2, -0.15) is 0 Å². The molecule has 0 saturated carbocycles. The van der Waals surface area contributed by atoms with Crippen LogP contribution in [0, 0.1) is 11.8 Å². The first-order chi connectivity index (χ1) is 10.4. The Hall–Kier alpha value is -1.55. The summed E-state index contributed by atoms with van der Waals surface area (Å²) in [5, 5.41) is 2.84. The van der Waals surface area contributed by atoms with Crippen molar-refractivity contribution >= 4 is 6.09 Å². The summed E-state index contributed by atoms with van der Waals surface area (Å²) in [5.41, 5.74) is 6.94. The summed E-state index contributed by atoms with van der Waals surface area (Å²) in [4.78, 5) is 12.0. The van der Waals surface area contributed by atoms with Gasteiger partial charge < -0.3 is 15.8 Å². The van der Waals surface area contributed by atoms with Gasteiger partial charge in [0.25, 0.3) is 0 Å². The molecule has 0 radical (unpaired) electrons. The van der Waals surface area contributed by atoms with Gasteiger partial charge in [0.05, 0.1) is 0 Å². The molecule has 0 spiro atoms. The molecule has 2 unspecified atom stereocenters. The summed E-state index contributed by atoms with van der Waals surface area (Å²) in [6, 6.07) is 10.3. The predicted molar refractivity (Wildman–Crippen MR) is 90.7 cm³/mol. The molecule has 3 atom stereocenters. The molecule has 1 amide bonds. The molecule has 0 aliphatic rings. The van der Waals surface area contributed by atoms with Crippen LogP contribution in [-0.2, 0) is 11.2 Å². The Bertz CT molecular complexity index is 432. The number of benzene rings is 1. The van der Waals surface area contributed by atoms with E-state index >= 15 is 0 Å². The Balaban J connectivity index is 2.44. The highest BCUT2D eigenvalue weighted by Crippen LogP contribution is 2.14. The number of carbonyl (C=O) groups is 1. The Labute approximate surface area is 134 Å². The van der Waals surface area contributed by atoms with E-state index in [0.717, 1.165) is 12.8 Å². The van der Waals surface area contributed by atoms with Gasteiger partial charge in [-0.3, -0.25) is 0 Å². The average molecular weight is 306 g/mol. The first-order valence-corrected chi connectivity index (χ1v) is 8.12. The maximum atomic E-state index is 12.0.